The zero-order valence-corrected chi connectivity index (χ0v) is 11.3. The molecule has 0 aliphatic heterocycles. The van der Waals surface area contributed by atoms with Crippen LogP contribution in [0.5, 0.6) is 5.75 Å². The Hall–Kier alpha value is -1.02. The second-order valence-electron chi connectivity index (χ2n) is 4.92. The van der Waals surface area contributed by atoms with Crippen LogP contribution in [0.15, 0.2) is 24.3 Å². The summed E-state index contributed by atoms with van der Waals surface area (Å²) >= 11 is 0. The molecule has 2 heteroatoms. The molecule has 0 radical (unpaired) electrons. The van der Waals surface area contributed by atoms with E-state index in [1.54, 1.807) is 7.11 Å². The molecule has 96 valence electrons. The van der Waals surface area contributed by atoms with Crippen molar-refractivity contribution in [2.45, 2.75) is 39.7 Å². The van der Waals surface area contributed by atoms with Gasteiger partial charge in [-0.3, -0.25) is 0 Å². The monoisotopic (exact) mass is 235 g/mol. The molecule has 0 spiro atoms. The summed E-state index contributed by atoms with van der Waals surface area (Å²) in [6.07, 6.45) is 3.92. The predicted octanol–water partition coefficient (Wildman–Crippen LogP) is 3.61. The predicted molar refractivity (Wildman–Crippen MR) is 73.4 cm³/mol. The van der Waals surface area contributed by atoms with E-state index in [0.717, 1.165) is 24.8 Å². The number of rotatable bonds is 8. The number of hydrogen-bond donors (Lipinski definition) is 1. The van der Waals surface area contributed by atoms with Crippen molar-refractivity contribution in [2.75, 3.05) is 13.7 Å². The van der Waals surface area contributed by atoms with Crippen LogP contribution < -0.4 is 10.1 Å². The van der Waals surface area contributed by atoms with Gasteiger partial charge >= 0.3 is 0 Å². The molecule has 0 saturated heterocycles. The van der Waals surface area contributed by atoms with Crippen molar-refractivity contribution in [2.24, 2.45) is 5.92 Å². The Morgan fingerprint density at radius 1 is 1.24 bits per heavy atom. The van der Waals surface area contributed by atoms with Crippen LogP contribution in [-0.2, 0) is 6.54 Å². The third-order valence-electron chi connectivity index (χ3n) is 2.85. The molecule has 2 nitrogen and oxygen atoms in total. The molecule has 0 aromatic heterocycles. The highest BCUT2D eigenvalue weighted by Crippen LogP contribution is 2.12. The van der Waals surface area contributed by atoms with Crippen LogP contribution in [0.3, 0.4) is 0 Å². The first-order chi connectivity index (χ1) is 8.22. The third kappa shape index (κ3) is 6.32. The van der Waals surface area contributed by atoms with Gasteiger partial charge in [0.05, 0.1) is 7.11 Å². The molecule has 0 fully saturated rings. The number of nitrogens with one attached hydrogen (secondary N) is 1. The maximum Gasteiger partial charge on any atom is 0.119 e. The summed E-state index contributed by atoms with van der Waals surface area (Å²) in [5, 5.41) is 3.47. The Kier molecular flexibility index (Phi) is 6.71. The number of methoxy groups -OCH3 is 1. The fourth-order valence-corrected chi connectivity index (χ4v) is 1.82. The van der Waals surface area contributed by atoms with E-state index in [0.29, 0.717) is 0 Å². The summed E-state index contributed by atoms with van der Waals surface area (Å²) in [6, 6.07) is 8.23. The molecule has 0 atom stereocenters. The minimum absolute atomic E-state index is 0.827. The standard InChI is InChI=1S/C15H25NO/c1-13(2)7-4-5-10-16-12-14-8-6-9-15(11-14)17-3/h6,8-9,11,13,16H,4-5,7,10,12H2,1-3H3. The van der Waals surface area contributed by atoms with Gasteiger partial charge in [0.25, 0.3) is 0 Å². The topological polar surface area (TPSA) is 21.3 Å². The first kappa shape index (κ1) is 14.0. The van der Waals surface area contributed by atoms with Crippen LogP contribution in [0.25, 0.3) is 0 Å². The van der Waals surface area contributed by atoms with Gasteiger partial charge in [-0.25, -0.2) is 0 Å². The van der Waals surface area contributed by atoms with Crippen molar-refractivity contribution in [1.82, 2.24) is 5.32 Å². The Bertz CT molecular complexity index is 310. The quantitative estimate of drug-likeness (QED) is 0.695. The van der Waals surface area contributed by atoms with Gasteiger partial charge in [0.15, 0.2) is 0 Å². The molecular formula is C15H25NO. The van der Waals surface area contributed by atoms with Gasteiger partial charge in [0.1, 0.15) is 5.75 Å². The van der Waals surface area contributed by atoms with Crippen molar-refractivity contribution >= 4 is 0 Å². The highest BCUT2D eigenvalue weighted by atomic mass is 16.5. The Balaban J connectivity index is 2.13. The van der Waals surface area contributed by atoms with Gasteiger partial charge in [0.2, 0.25) is 0 Å². The molecule has 17 heavy (non-hydrogen) atoms. The first-order valence-corrected chi connectivity index (χ1v) is 6.56. The smallest absolute Gasteiger partial charge is 0.119 e. The van der Waals surface area contributed by atoms with E-state index in [4.69, 9.17) is 4.74 Å². The van der Waals surface area contributed by atoms with Gasteiger partial charge in [0, 0.05) is 6.54 Å². The summed E-state index contributed by atoms with van der Waals surface area (Å²) in [5.41, 5.74) is 1.29. The molecule has 1 aromatic carbocycles. The van der Waals surface area contributed by atoms with Crippen molar-refractivity contribution < 1.29 is 4.74 Å². The molecule has 1 aromatic rings. The maximum absolute atomic E-state index is 5.20. The SMILES string of the molecule is COc1cccc(CNCCCCC(C)C)c1. The fourth-order valence-electron chi connectivity index (χ4n) is 1.82. The molecule has 0 bridgehead atoms. The third-order valence-corrected chi connectivity index (χ3v) is 2.85. The largest absolute Gasteiger partial charge is 0.497 e. The van der Waals surface area contributed by atoms with Gasteiger partial charge < -0.3 is 10.1 Å². The number of unbranched alkanes of at least 4 members (excludes halogenated alkanes) is 1. The van der Waals surface area contributed by atoms with E-state index in [1.807, 2.05) is 12.1 Å². The lowest BCUT2D eigenvalue weighted by molar-refractivity contribution is 0.414. The van der Waals surface area contributed by atoms with Crippen molar-refractivity contribution in [3.8, 4) is 5.75 Å². The van der Waals surface area contributed by atoms with E-state index in [-0.39, 0.29) is 0 Å². The van der Waals surface area contributed by atoms with Gasteiger partial charge in [-0.05, 0) is 36.6 Å². The van der Waals surface area contributed by atoms with E-state index in [2.05, 4.69) is 31.3 Å². The summed E-state index contributed by atoms with van der Waals surface area (Å²) < 4.78 is 5.20. The second kappa shape index (κ2) is 8.13. The molecule has 0 heterocycles. The van der Waals surface area contributed by atoms with E-state index < -0.39 is 0 Å². The Labute approximate surface area is 105 Å². The number of benzene rings is 1. The van der Waals surface area contributed by atoms with E-state index >= 15 is 0 Å². The fraction of sp³-hybridized carbons (Fsp3) is 0.600. The van der Waals surface area contributed by atoms with Gasteiger partial charge in [-0.15, -0.1) is 0 Å². The molecule has 1 rings (SSSR count). The zero-order valence-electron chi connectivity index (χ0n) is 11.3. The lowest BCUT2D eigenvalue weighted by atomic mass is 10.1. The van der Waals surface area contributed by atoms with Crippen LogP contribution in [0, 0.1) is 5.92 Å². The van der Waals surface area contributed by atoms with Crippen LogP contribution in [0.4, 0.5) is 0 Å². The van der Waals surface area contributed by atoms with Crippen molar-refractivity contribution in [3.63, 3.8) is 0 Å². The lowest BCUT2D eigenvalue weighted by Crippen LogP contribution is -2.14. The molecule has 0 amide bonds. The average Bonchev–Trinajstić information content (AvgIpc) is 2.33. The van der Waals surface area contributed by atoms with Gasteiger partial charge in [-0.2, -0.15) is 0 Å². The average molecular weight is 235 g/mol. The van der Waals surface area contributed by atoms with Gasteiger partial charge in [-0.1, -0.05) is 38.8 Å². The molecular weight excluding hydrogens is 210 g/mol. The molecule has 1 N–H and O–H groups in total. The molecule has 0 aliphatic carbocycles. The minimum Gasteiger partial charge on any atom is -0.497 e. The molecule has 0 aliphatic rings. The van der Waals surface area contributed by atoms with Crippen LogP contribution in [-0.4, -0.2) is 13.7 Å². The minimum atomic E-state index is 0.827. The summed E-state index contributed by atoms with van der Waals surface area (Å²) in [4.78, 5) is 0. The highest BCUT2D eigenvalue weighted by molar-refractivity contribution is 5.28. The van der Waals surface area contributed by atoms with E-state index in [9.17, 15) is 0 Å². The van der Waals surface area contributed by atoms with Crippen LogP contribution in [0.2, 0.25) is 0 Å². The first-order valence-electron chi connectivity index (χ1n) is 6.56. The summed E-state index contributed by atoms with van der Waals surface area (Å²) in [7, 11) is 1.71. The summed E-state index contributed by atoms with van der Waals surface area (Å²) in [5.74, 6) is 1.76. The zero-order chi connectivity index (χ0) is 12.5. The number of ether oxygens (including phenoxy) is 1. The number of hydrogen-bond acceptors (Lipinski definition) is 2. The highest BCUT2D eigenvalue weighted by Gasteiger charge is 1.96. The van der Waals surface area contributed by atoms with Crippen molar-refractivity contribution in [1.29, 1.82) is 0 Å². The molecule has 0 saturated carbocycles. The Morgan fingerprint density at radius 3 is 2.76 bits per heavy atom. The van der Waals surface area contributed by atoms with Crippen LogP contribution in [0.1, 0.15) is 38.7 Å². The van der Waals surface area contributed by atoms with Crippen molar-refractivity contribution in [3.05, 3.63) is 29.8 Å². The second-order valence-corrected chi connectivity index (χ2v) is 4.92. The van der Waals surface area contributed by atoms with E-state index in [1.165, 1.54) is 24.8 Å². The Morgan fingerprint density at radius 2 is 2.06 bits per heavy atom. The molecule has 0 unspecified atom stereocenters. The normalized spacial score (nSPS) is 10.8. The summed E-state index contributed by atoms with van der Waals surface area (Å²) in [6.45, 7) is 6.59. The maximum atomic E-state index is 5.20. The lowest BCUT2D eigenvalue weighted by Gasteiger charge is -2.07. The van der Waals surface area contributed by atoms with Crippen LogP contribution >= 0.6 is 0 Å².